The van der Waals surface area contributed by atoms with Crippen LogP contribution in [0.25, 0.3) is 6.08 Å². The van der Waals surface area contributed by atoms with Crippen molar-refractivity contribution >= 4 is 50.9 Å². The number of aromatic nitrogens is 1. The van der Waals surface area contributed by atoms with Gasteiger partial charge in [0.25, 0.3) is 5.56 Å². The number of hydrogen-bond donors (Lipinski definition) is 0. The number of fused-ring (bicyclic) bond motifs is 1. The van der Waals surface area contributed by atoms with Crippen molar-refractivity contribution in [3.05, 3.63) is 124 Å². The Kier molecular flexibility index (Phi) is 9.30. The predicted molar refractivity (Wildman–Crippen MR) is 168 cm³/mol. The van der Waals surface area contributed by atoms with Gasteiger partial charge in [-0.05, 0) is 77.7 Å². The van der Waals surface area contributed by atoms with Crippen LogP contribution in [0.3, 0.4) is 0 Å². The van der Waals surface area contributed by atoms with Gasteiger partial charge in [-0.25, -0.2) is 9.79 Å². The Morgan fingerprint density at radius 1 is 1.07 bits per heavy atom. The number of esters is 1. The van der Waals surface area contributed by atoms with Crippen molar-refractivity contribution in [2.24, 2.45) is 4.99 Å². The minimum Gasteiger partial charge on any atom is -0.490 e. The molecular weight excluding hydrogens is 640 g/mol. The average Bonchev–Trinajstić information content (AvgIpc) is 3.27. The van der Waals surface area contributed by atoms with Crippen LogP contribution in [0.1, 0.15) is 43.5 Å². The highest BCUT2D eigenvalue weighted by Gasteiger charge is 2.34. The fourth-order valence-electron chi connectivity index (χ4n) is 4.74. The van der Waals surface area contributed by atoms with Crippen LogP contribution in [-0.2, 0) is 16.1 Å². The van der Waals surface area contributed by atoms with Crippen LogP contribution in [0.5, 0.6) is 11.5 Å². The van der Waals surface area contributed by atoms with Crippen molar-refractivity contribution in [3.8, 4) is 11.5 Å². The van der Waals surface area contributed by atoms with Crippen LogP contribution in [0.2, 0.25) is 5.02 Å². The van der Waals surface area contributed by atoms with E-state index < -0.39 is 12.0 Å². The zero-order valence-corrected chi connectivity index (χ0v) is 26.4. The van der Waals surface area contributed by atoms with Gasteiger partial charge in [0, 0.05) is 5.02 Å². The Balaban J connectivity index is 1.61. The molecule has 42 heavy (non-hydrogen) atoms. The van der Waals surface area contributed by atoms with Crippen molar-refractivity contribution in [2.75, 3.05) is 13.2 Å². The molecule has 4 aromatic rings. The molecule has 3 aromatic carbocycles. The highest BCUT2D eigenvalue weighted by atomic mass is 79.9. The largest absolute Gasteiger partial charge is 0.490 e. The summed E-state index contributed by atoms with van der Waals surface area (Å²) in [5, 5.41) is 0.435. The van der Waals surface area contributed by atoms with Gasteiger partial charge in [0.2, 0.25) is 0 Å². The summed E-state index contributed by atoms with van der Waals surface area (Å²) in [4.78, 5) is 32.2. The summed E-state index contributed by atoms with van der Waals surface area (Å²) in [7, 11) is 0. The van der Waals surface area contributed by atoms with E-state index in [-0.39, 0.29) is 17.7 Å². The first-order valence-electron chi connectivity index (χ1n) is 13.4. The number of allylic oxidation sites excluding steroid dienone is 1. The maximum Gasteiger partial charge on any atom is 0.338 e. The number of nitrogens with zero attached hydrogens (tertiary/aromatic N) is 2. The highest BCUT2D eigenvalue weighted by Crippen LogP contribution is 2.38. The van der Waals surface area contributed by atoms with Gasteiger partial charge >= 0.3 is 5.97 Å². The first-order chi connectivity index (χ1) is 20.3. The summed E-state index contributed by atoms with van der Waals surface area (Å²) in [5.74, 6) is 0.596. The fraction of sp³-hybridized carbons (Fsp3) is 0.219. The van der Waals surface area contributed by atoms with Crippen molar-refractivity contribution in [1.29, 1.82) is 0 Å². The van der Waals surface area contributed by atoms with Crippen molar-refractivity contribution < 1.29 is 19.0 Å². The molecule has 5 rings (SSSR count). The summed E-state index contributed by atoms with van der Waals surface area (Å²) < 4.78 is 20.0. The van der Waals surface area contributed by atoms with E-state index >= 15 is 0 Å². The van der Waals surface area contributed by atoms with E-state index in [0.717, 1.165) is 11.1 Å². The van der Waals surface area contributed by atoms with Gasteiger partial charge in [-0.3, -0.25) is 9.36 Å². The lowest BCUT2D eigenvalue weighted by Crippen LogP contribution is -2.40. The quantitative estimate of drug-likeness (QED) is 0.199. The third kappa shape index (κ3) is 6.09. The second kappa shape index (κ2) is 13.1. The van der Waals surface area contributed by atoms with Crippen LogP contribution in [-0.4, -0.2) is 23.8 Å². The Bertz CT molecular complexity index is 1850. The molecule has 10 heteroatoms. The highest BCUT2D eigenvalue weighted by molar-refractivity contribution is 9.10. The van der Waals surface area contributed by atoms with Gasteiger partial charge in [0.15, 0.2) is 16.3 Å². The maximum atomic E-state index is 14.0. The zero-order chi connectivity index (χ0) is 29.8. The SMILES string of the molecule is CCOC(=O)C1=C(C)N=c2s/c(=C\c3cc(Br)c(OCc4ccccc4)c(OCC)c3)c(=O)n2[C@@H]1c1ccccc1Cl. The lowest BCUT2D eigenvalue weighted by atomic mass is 9.96. The van der Waals surface area contributed by atoms with Gasteiger partial charge in [0.05, 0.1) is 33.5 Å². The van der Waals surface area contributed by atoms with E-state index in [1.54, 1.807) is 32.1 Å². The number of rotatable bonds is 9. The topological polar surface area (TPSA) is 79.1 Å². The number of benzene rings is 3. The van der Waals surface area contributed by atoms with Crippen molar-refractivity contribution in [1.82, 2.24) is 4.57 Å². The van der Waals surface area contributed by atoms with Gasteiger partial charge in [-0.2, -0.15) is 0 Å². The maximum absolute atomic E-state index is 14.0. The van der Waals surface area contributed by atoms with Gasteiger partial charge in [-0.1, -0.05) is 71.5 Å². The van der Waals surface area contributed by atoms with Crippen LogP contribution in [0.15, 0.2) is 92.3 Å². The van der Waals surface area contributed by atoms with Crippen LogP contribution < -0.4 is 24.4 Å². The second-order valence-electron chi connectivity index (χ2n) is 9.36. The number of carbonyl (C=O) groups excluding carboxylic acids is 1. The van der Waals surface area contributed by atoms with Gasteiger partial charge < -0.3 is 14.2 Å². The number of thiazole rings is 1. The Hall–Kier alpha value is -3.66. The molecule has 0 saturated heterocycles. The first kappa shape index (κ1) is 29.8. The third-order valence-corrected chi connectivity index (χ3v) is 8.49. The average molecular weight is 668 g/mol. The molecule has 0 bridgehead atoms. The molecule has 2 heterocycles. The molecule has 1 aliphatic heterocycles. The van der Waals surface area contributed by atoms with Gasteiger partial charge in [0.1, 0.15) is 12.6 Å². The molecule has 0 spiro atoms. The fourth-order valence-corrected chi connectivity index (χ4v) is 6.60. The van der Waals surface area contributed by atoms with Crippen molar-refractivity contribution in [3.63, 3.8) is 0 Å². The molecular formula is C32H28BrClN2O5S. The van der Waals surface area contributed by atoms with Crippen LogP contribution in [0, 0.1) is 0 Å². The van der Waals surface area contributed by atoms with Crippen LogP contribution >= 0.6 is 38.9 Å². The molecule has 216 valence electrons. The van der Waals surface area contributed by atoms with E-state index in [1.807, 2.05) is 61.5 Å². The number of ether oxygens (including phenoxy) is 3. The van der Waals surface area contributed by atoms with E-state index in [2.05, 4.69) is 20.9 Å². The molecule has 0 saturated carbocycles. The monoisotopic (exact) mass is 666 g/mol. The third-order valence-electron chi connectivity index (χ3n) is 6.57. The lowest BCUT2D eigenvalue weighted by molar-refractivity contribution is -0.139. The molecule has 1 aliphatic rings. The Labute approximate surface area is 260 Å². The van der Waals surface area contributed by atoms with E-state index in [9.17, 15) is 9.59 Å². The minimum atomic E-state index is -0.782. The predicted octanol–water partition coefficient (Wildman–Crippen LogP) is 6.19. The Morgan fingerprint density at radius 2 is 1.81 bits per heavy atom. The van der Waals surface area contributed by atoms with Gasteiger partial charge in [-0.15, -0.1) is 0 Å². The molecule has 7 nitrogen and oxygen atoms in total. The zero-order valence-electron chi connectivity index (χ0n) is 23.2. The van der Waals surface area contributed by atoms with Crippen LogP contribution in [0.4, 0.5) is 0 Å². The molecule has 0 N–H and O–H groups in total. The standard InChI is InChI=1S/C32H28BrClN2O5S/c1-4-39-25-16-21(15-23(33)29(25)41-18-20-11-7-6-8-12-20)17-26-30(37)36-28(22-13-9-10-14-24(22)34)27(31(38)40-5-2)19(3)35-32(36)42-26/h6-17,28H,4-5,18H2,1-3H3/b26-17-/t28-/m1/s1. The van der Waals surface area contributed by atoms with E-state index in [1.165, 1.54) is 15.9 Å². The summed E-state index contributed by atoms with van der Waals surface area (Å²) in [6.07, 6.45) is 1.78. The number of carbonyl (C=O) groups is 1. The molecule has 0 amide bonds. The Morgan fingerprint density at radius 3 is 2.52 bits per heavy atom. The summed E-state index contributed by atoms with van der Waals surface area (Å²) in [6, 6.07) is 20.0. The van der Waals surface area contributed by atoms with Crippen molar-refractivity contribution in [2.45, 2.75) is 33.4 Å². The van der Waals surface area contributed by atoms with E-state index in [4.69, 9.17) is 25.8 Å². The molecule has 1 atom stereocenters. The normalized spacial score (nSPS) is 14.8. The molecule has 1 aromatic heterocycles. The molecule has 0 unspecified atom stereocenters. The minimum absolute atomic E-state index is 0.192. The number of hydrogen-bond acceptors (Lipinski definition) is 7. The molecule has 0 fully saturated rings. The number of halogens is 2. The first-order valence-corrected chi connectivity index (χ1v) is 15.4. The molecule has 0 aliphatic carbocycles. The molecule has 0 radical (unpaired) electrons. The lowest BCUT2D eigenvalue weighted by Gasteiger charge is -2.25. The summed E-state index contributed by atoms with van der Waals surface area (Å²) in [6.45, 7) is 6.39. The summed E-state index contributed by atoms with van der Waals surface area (Å²) in [5.41, 5.74) is 2.85. The summed E-state index contributed by atoms with van der Waals surface area (Å²) >= 11 is 11.5. The van der Waals surface area contributed by atoms with E-state index in [0.29, 0.717) is 54.8 Å². The second-order valence-corrected chi connectivity index (χ2v) is 11.6. The smallest absolute Gasteiger partial charge is 0.338 e.